The normalized spacial score (nSPS) is 11.7. The third kappa shape index (κ3) is 5.36. The Morgan fingerprint density at radius 1 is 0.356 bits per heavy atom. The molecule has 2 aromatic heterocycles. The first kappa shape index (κ1) is 33.3. The van der Waals surface area contributed by atoms with Gasteiger partial charge in [0, 0.05) is 38.6 Å². The van der Waals surface area contributed by atoms with E-state index in [2.05, 4.69) is 228 Å². The third-order valence-electron chi connectivity index (χ3n) is 12.0. The molecule has 0 aliphatic carbocycles. The SMILES string of the molecule is c1ccc(-c2ccc(N(c3ccc(-c4ccc5c6ccccc6n(-c6ccccc6)c5c4)cc3)c3cc4ccccc4c4c3oc3ccc5ccccc5c34)cc2)cc1. The zero-order valence-corrected chi connectivity index (χ0v) is 32.1. The molecule has 10 aromatic carbocycles. The molecule has 2 heterocycles. The summed E-state index contributed by atoms with van der Waals surface area (Å²) >= 11 is 0. The summed E-state index contributed by atoms with van der Waals surface area (Å²) in [4.78, 5) is 2.36. The monoisotopic (exact) mass is 752 g/mol. The highest BCUT2D eigenvalue weighted by Crippen LogP contribution is 2.47. The predicted molar refractivity (Wildman–Crippen MR) is 249 cm³/mol. The van der Waals surface area contributed by atoms with Crippen LogP contribution in [0, 0.1) is 0 Å². The maximum Gasteiger partial charge on any atom is 0.160 e. The van der Waals surface area contributed by atoms with Gasteiger partial charge >= 0.3 is 0 Å². The molecule has 0 fully saturated rings. The van der Waals surface area contributed by atoms with Gasteiger partial charge in [-0.1, -0.05) is 158 Å². The topological polar surface area (TPSA) is 21.3 Å². The molecular formula is C56H36N2O. The Morgan fingerprint density at radius 2 is 0.898 bits per heavy atom. The molecule has 0 unspecified atom stereocenters. The van der Waals surface area contributed by atoms with Gasteiger partial charge in [0.15, 0.2) is 5.58 Å². The van der Waals surface area contributed by atoms with Gasteiger partial charge in [-0.2, -0.15) is 0 Å². The third-order valence-corrected chi connectivity index (χ3v) is 12.0. The van der Waals surface area contributed by atoms with Crippen molar-refractivity contribution in [3.63, 3.8) is 0 Å². The van der Waals surface area contributed by atoms with Crippen LogP contribution in [0.5, 0.6) is 0 Å². The number of rotatable bonds is 6. The number of aromatic nitrogens is 1. The highest BCUT2D eigenvalue weighted by molar-refractivity contribution is 6.29. The number of fused-ring (bicyclic) bond motifs is 10. The summed E-state index contributed by atoms with van der Waals surface area (Å²) in [6.07, 6.45) is 0. The van der Waals surface area contributed by atoms with Gasteiger partial charge in [0.05, 0.1) is 16.7 Å². The summed E-state index contributed by atoms with van der Waals surface area (Å²) in [5, 5.41) is 9.51. The minimum Gasteiger partial charge on any atom is -0.454 e. The van der Waals surface area contributed by atoms with E-state index in [1.807, 2.05) is 0 Å². The lowest BCUT2D eigenvalue weighted by Gasteiger charge is -2.26. The van der Waals surface area contributed by atoms with Crippen molar-refractivity contribution >= 4 is 82.4 Å². The number of hydrogen-bond donors (Lipinski definition) is 0. The molecule has 0 amide bonds. The molecule has 0 bridgehead atoms. The zero-order chi connectivity index (χ0) is 38.9. The van der Waals surface area contributed by atoms with Gasteiger partial charge in [-0.15, -0.1) is 0 Å². The molecule has 0 atom stereocenters. The van der Waals surface area contributed by atoms with Crippen molar-refractivity contribution in [2.24, 2.45) is 0 Å². The van der Waals surface area contributed by atoms with Crippen molar-refractivity contribution in [1.29, 1.82) is 0 Å². The smallest absolute Gasteiger partial charge is 0.160 e. The Bertz CT molecular complexity index is 3530. The van der Waals surface area contributed by atoms with Crippen molar-refractivity contribution in [1.82, 2.24) is 4.57 Å². The highest BCUT2D eigenvalue weighted by atomic mass is 16.3. The first-order valence-electron chi connectivity index (χ1n) is 20.2. The number of hydrogen-bond acceptors (Lipinski definition) is 2. The first-order chi connectivity index (χ1) is 29.3. The number of para-hydroxylation sites is 2. The molecule has 0 spiro atoms. The van der Waals surface area contributed by atoms with E-state index >= 15 is 0 Å². The number of benzene rings is 10. The van der Waals surface area contributed by atoms with E-state index in [0.29, 0.717) is 0 Å². The van der Waals surface area contributed by atoms with Crippen LogP contribution >= 0.6 is 0 Å². The molecular weight excluding hydrogens is 717 g/mol. The fraction of sp³-hybridized carbons (Fsp3) is 0. The quantitative estimate of drug-likeness (QED) is 0.169. The van der Waals surface area contributed by atoms with Crippen LogP contribution in [0.15, 0.2) is 223 Å². The summed E-state index contributed by atoms with van der Waals surface area (Å²) in [6.45, 7) is 0. The van der Waals surface area contributed by atoms with Gasteiger partial charge in [0.2, 0.25) is 0 Å². The van der Waals surface area contributed by atoms with Gasteiger partial charge in [-0.05, 0) is 104 Å². The molecule has 0 N–H and O–H groups in total. The standard InChI is InChI=1S/C56H36N2O/c1-3-13-37(14-4-1)38-23-29-44(30-24-38)57(52-36-42-16-8-10-20-47(42)55-54-46-19-9-7-15-40(46)28-34-53(54)59-56(52)55)45-31-25-39(26-32-45)41-27-33-49-48-21-11-12-22-50(48)58(51(49)35-41)43-17-5-2-6-18-43/h1-36H. The van der Waals surface area contributed by atoms with Crippen molar-refractivity contribution in [3.8, 4) is 27.9 Å². The van der Waals surface area contributed by atoms with Crippen molar-refractivity contribution in [3.05, 3.63) is 218 Å². The van der Waals surface area contributed by atoms with Crippen molar-refractivity contribution in [2.45, 2.75) is 0 Å². The second-order valence-electron chi connectivity index (χ2n) is 15.3. The average molecular weight is 753 g/mol. The Hall–Kier alpha value is -7.88. The molecule has 0 saturated carbocycles. The van der Waals surface area contributed by atoms with Crippen LogP contribution in [0.3, 0.4) is 0 Å². The zero-order valence-electron chi connectivity index (χ0n) is 32.1. The van der Waals surface area contributed by atoms with Crippen LogP contribution in [0.4, 0.5) is 17.1 Å². The molecule has 0 saturated heterocycles. The molecule has 0 aliphatic heterocycles. The summed E-state index contributed by atoms with van der Waals surface area (Å²) in [5.41, 5.74) is 13.1. The minimum atomic E-state index is 0.866. The summed E-state index contributed by atoms with van der Waals surface area (Å²) in [5.74, 6) is 0. The fourth-order valence-electron chi connectivity index (χ4n) is 9.20. The fourth-order valence-corrected chi connectivity index (χ4v) is 9.20. The Labute approximate surface area is 341 Å². The van der Waals surface area contributed by atoms with E-state index in [-0.39, 0.29) is 0 Å². The first-order valence-corrected chi connectivity index (χ1v) is 20.2. The Balaban J connectivity index is 1.05. The molecule has 3 nitrogen and oxygen atoms in total. The molecule has 0 radical (unpaired) electrons. The van der Waals surface area contributed by atoms with Crippen LogP contribution < -0.4 is 4.90 Å². The molecule has 12 rings (SSSR count). The molecule has 3 heteroatoms. The van der Waals surface area contributed by atoms with E-state index in [1.165, 1.54) is 54.7 Å². The average Bonchev–Trinajstić information content (AvgIpc) is 3.87. The molecule has 12 aromatic rings. The summed E-state index contributed by atoms with van der Waals surface area (Å²) in [6, 6.07) is 78.5. The van der Waals surface area contributed by atoms with E-state index in [0.717, 1.165) is 55.6 Å². The van der Waals surface area contributed by atoms with E-state index < -0.39 is 0 Å². The Kier molecular flexibility index (Phi) is 7.54. The molecule has 59 heavy (non-hydrogen) atoms. The minimum absolute atomic E-state index is 0.866. The van der Waals surface area contributed by atoms with E-state index in [4.69, 9.17) is 4.42 Å². The lowest BCUT2D eigenvalue weighted by molar-refractivity contribution is 0.669. The number of anilines is 3. The van der Waals surface area contributed by atoms with Gasteiger partial charge in [0.25, 0.3) is 0 Å². The van der Waals surface area contributed by atoms with Crippen molar-refractivity contribution < 1.29 is 4.42 Å². The second kappa shape index (κ2) is 13.4. The maximum absolute atomic E-state index is 6.98. The van der Waals surface area contributed by atoms with Crippen molar-refractivity contribution in [2.75, 3.05) is 4.90 Å². The van der Waals surface area contributed by atoms with Crippen LogP contribution in [-0.4, -0.2) is 4.57 Å². The van der Waals surface area contributed by atoms with Gasteiger partial charge in [-0.3, -0.25) is 0 Å². The van der Waals surface area contributed by atoms with Crippen LogP contribution in [-0.2, 0) is 0 Å². The van der Waals surface area contributed by atoms with Crippen LogP contribution in [0.2, 0.25) is 0 Å². The Morgan fingerprint density at radius 3 is 1.63 bits per heavy atom. The molecule has 0 aliphatic rings. The van der Waals surface area contributed by atoms with E-state index in [1.54, 1.807) is 0 Å². The lowest BCUT2D eigenvalue weighted by Crippen LogP contribution is -2.10. The molecule has 276 valence electrons. The van der Waals surface area contributed by atoms with Gasteiger partial charge in [0.1, 0.15) is 5.58 Å². The predicted octanol–water partition coefficient (Wildman–Crippen LogP) is 15.8. The number of nitrogens with zero attached hydrogens (tertiary/aromatic N) is 2. The van der Waals surface area contributed by atoms with Crippen LogP contribution in [0.1, 0.15) is 0 Å². The largest absolute Gasteiger partial charge is 0.454 e. The number of furan rings is 1. The van der Waals surface area contributed by atoms with Gasteiger partial charge in [-0.25, -0.2) is 0 Å². The second-order valence-corrected chi connectivity index (χ2v) is 15.3. The summed E-state index contributed by atoms with van der Waals surface area (Å²) in [7, 11) is 0. The highest BCUT2D eigenvalue weighted by Gasteiger charge is 2.23. The van der Waals surface area contributed by atoms with Crippen LogP contribution in [0.25, 0.3) is 93.2 Å². The summed E-state index contributed by atoms with van der Waals surface area (Å²) < 4.78 is 9.36. The lowest BCUT2D eigenvalue weighted by atomic mass is 9.98. The van der Waals surface area contributed by atoms with Gasteiger partial charge < -0.3 is 13.9 Å². The maximum atomic E-state index is 6.98. The van der Waals surface area contributed by atoms with E-state index in [9.17, 15) is 0 Å².